The van der Waals surface area contributed by atoms with Crippen LogP contribution in [0.25, 0.3) is 0 Å². The second-order valence-corrected chi connectivity index (χ2v) is 3.71. The first-order valence-electron chi connectivity index (χ1n) is 4.69. The molecule has 3 heteroatoms. The molecule has 1 saturated heterocycles. The average molecular weight is 178 g/mol. The van der Waals surface area contributed by atoms with Gasteiger partial charge in [-0.1, -0.05) is 6.92 Å². The maximum atomic E-state index is 11.7. The lowest BCUT2D eigenvalue weighted by Gasteiger charge is -2.15. The largest absolute Gasteiger partial charge is 0.328 e. The van der Waals surface area contributed by atoms with E-state index in [0.29, 0.717) is 5.92 Å². The van der Waals surface area contributed by atoms with Gasteiger partial charge in [0.2, 0.25) is 0 Å². The topological polar surface area (TPSA) is 25.2 Å². The van der Waals surface area contributed by atoms with Crippen molar-refractivity contribution in [3.63, 3.8) is 0 Å². The highest BCUT2D eigenvalue weighted by Gasteiger charge is 2.23. The van der Waals surface area contributed by atoms with Crippen LogP contribution in [0.1, 0.15) is 13.3 Å². The SMILES string of the molecule is CC1CCN(C(=O)n2cccc2)C1. The van der Waals surface area contributed by atoms with E-state index < -0.39 is 0 Å². The van der Waals surface area contributed by atoms with Crippen LogP contribution < -0.4 is 0 Å². The lowest BCUT2D eigenvalue weighted by molar-refractivity contribution is 0.209. The minimum Gasteiger partial charge on any atom is -0.324 e. The quantitative estimate of drug-likeness (QED) is 0.594. The van der Waals surface area contributed by atoms with E-state index >= 15 is 0 Å². The van der Waals surface area contributed by atoms with Crippen molar-refractivity contribution in [2.24, 2.45) is 5.92 Å². The molecule has 70 valence electrons. The van der Waals surface area contributed by atoms with E-state index in [0.717, 1.165) is 19.5 Å². The van der Waals surface area contributed by atoms with Gasteiger partial charge in [-0.15, -0.1) is 0 Å². The van der Waals surface area contributed by atoms with Gasteiger partial charge in [-0.25, -0.2) is 4.79 Å². The van der Waals surface area contributed by atoms with E-state index in [1.54, 1.807) is 17.0 Å². The maximum Gasteiger partial charge on any atom is 0.328 e. The normalized spacial score (nSPS) is 22.2. The summed E-state index contributed by atoms with van der Waals surface area (Å²) < 4.78 is 1.64. The van der Waals surface area contributed by atoms with Gasteiger partial charge in [0.05, 0.1) is 0 Å². The molecule has 1 unspecified atom stereocenters. The van der Waals surface area contributed by atoms with E-state index in [2.05, 4.69) is 6.92 Å². The zero-order valence-electron chi connectivity index (χ0n) is 7.81. The van der Waals surface area contributed by atoms with Gasteiger partial charge in [0.25, 0.3) is 0 Å². The van der Waals surface area contributed by atoms with Crippen molar-refractivity contribution >= 4 is 6.03 Å². The highest BCUT2D eigenvalue weighted by atomic mass is 16.2. The molecule has 1 aromatic heterocycles. The van der Waals surface area contributed by atoms with Gasteiger partial charge in [-0.2, -0.15) is 0 Å². The first-order chi connectivity index (χ1) is 6.27. The Bertz CT molecular complexity index is 292. The molecule has 0 radical (unpaired) electrons. The molecule has 0 spiro atoms. The minimum atomic E-state index is 0.106. The molecule has 3 nitrogen and oxygen atoms in total. The summed E-state index contributed by atoms with van der Waals surface area (Å²) in [6.07, 6.45) is 4.73. The molecular formula is C10H14N2O. The molecule has 0 N–H and O–H groups in total. The third kappa shape index (κ3) is 1.59. The maximum absolute atomic E-state index is 11.7. The van der Waals surface area contributed by atoms with Crippen molar-refractivity contribution in [3.05, 3.63) is 24.5 Å². The number of hydrogen-bond donors (Lipinski definition) is 0. The molecule has 1 amide bonds. The van der Waals surface area contributed by atoms with Crippen LogP contribution in [-0.2, 0) is 0 Å². The molecule has 1 aliphatic rings. The van der Waals surface area contributed by atoms with Gasteiger partial charge >= 0.3 is 6.03 Å². The second kappa shape index (κ2) is 3.24. The lowest BCUT2D eigenvalue weighted by atomic mass is 10.2. The van der Waals surface area contributed by atoms with E-state index in [9.17, 15) is 4.79 Å². The number of rotatable bonds is 0. The fraction of sp³-hybridized carbons (Fsp3) is 0.500. The Morgan fingerprint density at radius 2 is 2.08 bits per heavy atom. The number of aromatic nitrogens is 1. The summed E-state index contributed by atoms with van der Waals surface area (Å²) in [7, 11) is 0. The number of nitrogens with zero attached hydrogens (tertiary/aromatic N) is 2. The Morgan fingerprint density at radius 1 is 1.38 bits per heavy atom. The van der Waals surface area contributed by atoms with Gasteiger partial charge in [0.15, 0.2) is 0 Å². The molecule has 1 aromatic rings. The summed E-state index contributed by atoms with van der Waals surface area (Å²) >= 11 is 0. The molecule has 2 heterocycles. The fourth-order valence-electron chi connectivity index (χ4n) is 1.73. The van der Waals surface area contributed by atoms with Gasteiger partial charge in [0, 0.05) is 25.5 Å². The van der Waals surface area contributed by atoms with E-state index in [4.69, 9.17) is 0 Å². The first-order valence-corrected chi connectivity index (χ1v) is 4.69. The Labute approximate surface area is 78.0 Å². The van der Waals surface area contributed by atoms with Gasteiger partial charge in [-0.05, 0) is 24.5 Å². The molecule has 1 aliphatic heterocycles. The van der Waals surface area contributed by atoms with Crippen LogP contribution in [0, 0.1) is 5.92 Å². The van der Waals surface area contributed by atoms with Crippen LogP contribution in [0.4, 0.5) is 4.79 Å². The third-order valence-electron chi connectivity index (χ3n) is 2.52. The van der Waals surface area contributed by atoms with Crippen molar-refractivity contribution in [1.82, 2.24) is 9.47 Å². The second-order valence-electron chi connectivity index (χ2n) is 3.71. The van der Waals surface area contributed by atoms with Gasteiger partial charge in [-0.3, -0.25) is 4.57 Å². The van der Waals surface area contributed by atoms with E-state index in [1.165, 1.54) is 0 Å². The molecule has 2 rings (SSSR count). The van der Waals surface area contributed by atoms with Crippen molar-refractivity contribution in [3.8, 4) is 0 Å². The average Bonchev–Trinajstić information content (AvgIpc) is 2.72. The van der Waals surface area contributed by atoms with Crippen LogP contribution in [0.3, 0.4) is 0 Å². The number of amides is 1. The molecule has 0 bridgehead atoms. The lowest BCUT2D eigenvalue weighted by Crippen LogP contribution is -2.31. The molecule has 0 saturated carbocycles. The van der Waals surface area contributed by atoms with Crippen molar-refractivity contribution in [1.29, 1.82) is 0 Å². The van der Waals surface area contributed by atoms with Gasteiger partial charge in [0.1, 0.15) is 0 Å². The molecule has 13 heavy (non-hydrogen) atoms. The van der Waals surface area contributed by atoms with E-state index in [-0.39, 0.29) is 6.03 Å². The standard InChI is InChI=1S/C10H14N2O/c1-9-4-7-12(8-9)10(13)11-5-2-3-6-11/h2-3,5-6,9H,4,7-8H2,1H3. The van der Waals surface area contributed by atoms with Crippen LogP contribution in [0.15, 0.2) is 24.5 Å². The summed E-state index contributed by atoms with van der Waals surface area (Å²) in [6, 6.07) is 3.85. The molecule has 0 aromatic carbocycles. The van der Waals surface area contributed by atoms with Gasteiger partial charge < -0.3 is 4.90 Å². The van der Waals surface area contributed by atoms with Crippen LogP contribution in [0.2, 0.25) is 0 Å². The minimum absolute atomic E-state index is 0.106. The Hall–Kier alpha value is -1.25. The molecule has 0 aliphatic carbocycles. The highest BCUT2D eigenvalue weighted by Crippen LogP contribution is 2.15. The van der Waals surface area contributed by atoms with Crippen molar-refractivity contribution < 1.29 is 4.79 Å². The van der Waals surface area contributed by atoms with Crippen LogP contribution >= 0.6 is 0 Å². The van der Waals surface area contributed by atoms with Crippen molar-refractivity contribution in [2.75, 3.05) is 13.1 Å². The first kappa shape index (κ1) is 8.35. The summed E-state index contributed by atoms with van der Waals surface area (Å²) in [5, 5.41) is 0. The zero-order chi connectivity index (χ0) is 9.26. The summed E-state index contributed by atoms with van der Waals surface area (Å²) in [5.74, 6) is 0.652. The number of likely N-dealkylation sites (tertiary alicyclic amines) is 1. The van der Waals surface area contributed by atoms with Crippen LogP contribution in [-0.4, -0.2) is 28.6 Å². The monoisotopic (exact) mass is 178 g/mol. The number of carbonyl (C=O) groups excluding carboxylic acids is 1. The Morgan fingerprint density at radius 3 is 2.62 bits per heavy atom. The zero-order valence-corrected chi connectivity index (χ0v) is 7.81. The van der Waals surface area contributed by atoms with Crippen molar-refractivity contribution in [2.45, 2.75) is 13.3 Å². The summed E-state index contributed by atoms with van der Waals surface area (Å²) in [5.41, 5.74) is 0. The van der Waals surface area contributed by atoms with E-state index in [1.807, 2.05) is 17.0 Å². The molecule has 1 atom stereocenters. The number of carbonyl (C=O) groups is 1. The summed E-state index contributed by atoms with van der Waals surface area (Å²) in [6.45, 7) is 3.98. The fourth-order valence-corrected chi connectivity index (χ4v) is 1.73. The Balaban J connectivity index is 2.06. The summed E-state index contributed by atoms with van der Waals surface area (Å²) in [4.78, 5) is 13.6. The van der Waals surface area contributed by atoms with Crippen LogP contribution in [0.5, 0.6) is 0 Å². The highest BCUT2D eigenvalue weighted by molar-refractivity contribution is 5.77. The predicted octanol–water partition coefficient (Wildman–Crippen LogP) is 1.80. The number of hydrogen-bond acceptors (Lipinski definition) is 1. The Kier molecular flexibility index (Phi) is 2.08. The molecule has 1 fully saturated rings. The predicted molar refractivity (Wildman–Crippen MR) is 50.6 cm³/mol. The third-order valence-corrected chi connectivity index (χ3v) is 2.52. The smallest absolute Gasteiger partial charge is 0.324 e. The molecular weight excluding hydrogens is 164 g/mol.